The molecule has 1 N–H and O–H groups in total. The average Bonchev–Trinajstić information content (AvgIpc) is 2.68. The molecule has 0 heterocycles. The lowest BCUT2D eigenvalue weighted by Gasteiger charge is -2.29. The second kappa shape index (κ2) is 11.1. The molecule has 0 aromatic heterocycles. The number of hydrogen-bond acceptors (Lipinski definition) is 2. The molecule has 0 aliphatic rings. The van der Waals surface area contributed by atoms with Gasteiger partial charge in [-0.2, -0.15) is 0 Å². The molecule has 156 valence electrons. The molecule has 0 unspecified atom stereocenters. The number of carbonyl (C=O) groups is 2. The Labute approximate surface area is 191 Å². The van der Waals surface area contributed by atoms with Gasteiger partial charge in [0.15, 0.2) is 0 Å². The smallest absolute Gasteiger partial charge is 0.242 e. The van der Waals surface area contributed by atoms with Crippen molar-refractivity contribution in [2.75, 3.05) is 6.54 Å². The highest BCUT2D eigenvalue weighted by Gasteiger charge is 2.28. The summed E-state index contributed by atoms with van der Waals surface area (Å²) in [4.78, 5) is 27.2. The van der Waals surface area contributed by atoms with Gasteiger partial charge in [0.05, 0.1) is 6.42 Å². The van der Waals surface area contributed by atoms with Crippen molar-refractivity contribution >= 4 is 58.2 Å². The van der Waals surface area contributed by atoms with E-state index in [1.807, 2.05) is 6.92 Å². The molecule has 8 heteroatoms. The van der Waals surface area contributed by atoms with E-state index >= 15 is 0 Å². The van der Waals surface area contributed by atoms with E-state index in [2.05, 4.69) is 5.32 Å². The Bertz CT molecular complexity index is 848. The summed E-state index contributed by atoms with van der Waals surface area (Å²) < 4.78 is 0. The Morgan fingerprint density at radius 1 is 0.931 bits per heavy atom. The maximum Gasteiger partial charge on any atom is 0.242 e. The van der Waals surface area contributed by atoms with E-state index in [0.717, 1.165) is 6.42 Å². The summed E-state index contributed by atoms with van der Waals surface area (Å²) in [5, 5.41) is 4.45. The lowest BCUT2D eigenvalue weighted by molar-refractivity contribution is -0.140. The van der Waals surface area contributed by atoms with E-state index in [0.29, 0.717) is 37.8 Å². The first kappa shape index (κ1) is 23.8. The summed E-state index contributed by atoms with van der Waals surface area (Å²) in [5.74, 6) is -0.566. The first-order valence-electron chi connectivity index (χ1n) is 9.19. The second-order valence-electron chi connectivity index (χ2n) is 6.57. The van der Waals surface area contributed by atoms with Gasteiger partial charge in [0.25, 0.3) is 0 Å². The lowest BCUT2D eigenvalue weighted by atomic mass is 10.1. The first-order chi connectivity index (χ1) is 13.8. The fourth-order valence-corrected chi connectivity index (χ4v) is 3.83. The quantitative estimate of drug-likeness (QED) is 0.525. The first-order valence-corrected chi connectivity index (χ1v) is 10.7. The maximum atomic E-state index is 13.2. The number of nitrogens with one attached hydrogen (secondary N) is 1. The maximum absolute atomic E-state index is 13.2. The van der Waals surface area contributed by atoms with Crippen LogP contribution in [-0.2, 0) is 22.6 Å². The van der Waals surface area contributed by atoms with Crippen molar-refractivity contribution in [2.45, 2.75) is 39.3 Å². The van der Waals surface area contributed by atoms with E-state index in [4.69, 9.17) is 46.4 Å². The average molecular weight is 476 g/mol. The van der Waals surface area contributed by atoms with Crippen LogP contribution in [0.2, 0.25) is 20.1 Å². The molecule has 0 saturated carbocycles. The van der Waals surface area contributed by atoms with E-state index in [1.54, 1.807) is 43.3 Å². The number of amides is 2. The van der Waals surface area contributed by atoms with Crippen LogP contribution in [0.4, 0.5) is 0 Å². The molecule has 0 fully saturated rings. The Hall–Kier alpha value is -1.46. The summed E-state index contributed by atoms with van der Waals surface area (Å²) in [6, 6.07) is 9.42. The topological polar surface area (TPSA) is 49.4 Å². The summed E-state index contributed by atoms with van der Waals surface area (Å²) in [6.45, 7) is 4.23. The fraction of sp³-hybridized carbons (Fsp3) is 0.333. The second-order valence-corrected chi connectivity index (χ2v) is 8.19. The van der Waals surface area contributed by atoms with Gasteiger partial charge in [0.2, 0.25) is 11.8 Å². The third-order valence-corrected chi connectivity index (χ3v) is 5.91. The van der Waals surface area contributed by atoms with Gasteiger partial charge in [-0.1, -0.05) is 65.5 Å². The number of halogens is 4. The SMILES string of the molecule is CCCNC(=O)[C@H](C)N(Cc1c(Cl)cccc1Cl)C(=O)Cc1c(Cl)cccc1Cl. The molecule has 2 aromatic carbocycles. The zero-order valence-electron chi connectivity index (χ0n) is 16.1. The Morgan fingerprint density at radius 3 is 1.90 bits per heavy atom. The van der Waals surface area contributed by atoms with Crippen molar-refractivity contribution in [2.24, 2.45) is 0 Å². The highest BCUT2D eigenvalue weighted by atomic mass is 35.5. The Morgan fingerprint density at radius 2 is 1.41 bits per heavy atom. The van der Waals surface area contributed by atoms with Crippen molar-refractivity contribution in [3.63, 3.8) is 0 Å². The van der Waals surface area contributed by atoms with Gasteiger partial charge in [0, 0.05) is 38.7 Å². The van der Waals surface area contributed by atoms with Crippen LogP contribution in [0.3, 0.4) is 0 Å². The minimum Gasteiger partial charge on any atom is -0.354 e. The number of nitrogens with zero attached hydrogens (tertiary/aromatic N) is 1. The van der Waals surface area contributed by atoms with Gasteiger partial charge in [-0.05, 0) is 43.2 Å². The number of carbonyl (C=O) groups excluding carboxylic acids is 2. The standard InChI is InChI=1S/C21H22Cl4N2O2/c1-3-10-26-21(29)13(2)27(12-15-18(24)8-5-9-19(15)25)20(28)11-14-16(22)6-4-7-17(14)23/h4-9,13H,3,10-12H2,1-2H3,(H,26,29)/t13-/m0/s1. The molecular formula is C21H22Cl4N2O2. The molecule has 2 amide bonds. The predicted octanol–water partition coefficient (Wildman–Crippen LogP) is 5.79. The van der Waals surface area contributed by atoms with Gasteiger partial charge in [0.1, 0.15) is 6.04 Å². The largest absolute Gasteiger partial charge is 0.354 e. The van der Waals surface area contributed by atoms with E-state index < -0.39 is 6.04 Å². The summed E-state index contributed by atoms with van der Waals surface area (Å²) in [6.07, 6.45) is 0.740. The van der Waals surface area contributed by atoms with Gasteiger partial charge in [-0.15, -0.1) is 0 Å². The highest BCUT2D eigenvalue weighted by Crippen LogP contribution is 2.29. The molecule has 4 nitrogen and oxygen atoms in total. The van der Waals surface area contributed by atoms with Crippen LogP contribution in [0.15, 0.2) is 36.4 Å². The predicted molar refractivity (Wildman–Crippen MR) is 120 cm³/mol. The lowest BCUT2D eigenvalue weighted by Crippen LogP contribution is -2.48. The minimum atomic E-state index is -0.734. The minimum absolute atomic E-state index is 0.0496. The molecule has 0 radical (unpaired) electrons. The Kier molecular flexibility index (Phi) is 9.09. The molecule has 0 bridgehead atoms. The monoisotopic (exact) mass is 474 g/mol. The van der Waals surface area contributed by atoms with Crippen molar-refractivity contribution in [3.8, 4) is 0 Å². The van der Waals surface area contributed by atoms with Crippen LogP contribution < -0.4 is 5.32 Å². The highest BCUT2D eigenvalue weighted by molar-refractivity contribution is 6.36. The normalized spacial score (nSPS) is 11.8. The van der Waals surface area contributed by atoms with Crippen molar-refractivity contribution in [1.82, 2.24) is 10.2 Å². The molecule has 29 heavy (non-hydrogen) atoms. The van der Waals surface area contributed by atoms with Gasteiger partial charge < -0.3 is 10.2 Å². The van der Waals surface area contributed by atoms with Crippen LogP contribution >= 0.6 is 46.4 Å². The van der Waals surface area contributed by atoms with Gasteiger partial charge >= 0.3 is 0 Å². The van der Waals surface area contributed by atoms with Crippen LogP contribution in [0, 0.1) is 0 Å². The molecule has 2 rings (SSSR count). The van der Waals surface area contributed by atoms with Crippen LogP contribution in [0.1, 0.15) is 31.4 Å². The third kappa shape index (κ3) is 6.26. The van der Waals surface area contributed by atoms with Gasteiger partial charge in [-0.3, -0.25) is 9.59 Å². The number of benzene rings is 2. The Balaban J connectivity index is 2.35. The van der Waals surface area contributed by atoms with Crippen LogP contribution in [0.5, 0.6) is 0 Å². The zero-order valence-corrected chi connectivity index (χ0v) is 19.2. The molecule has 0 spiro atoms. The van der Waals surface area contributed by atoms with Crippen molar-refractivity contribution in [3.05, 3.63) is 67.6 Å². The summed E-state index contributed by atoms with van der Waals surface area (Å²) in [5.41, 5.74) is 1.09. The van der Waals surface area contributed by atoms with E-state index in [-0.39, 0.29) is 24.8 Å². The molecule has 0 saturated heterocycles. The van der Waals surface area contributed by atoms with Crippen molar-refractivity contribution in [1.29, 1.82) is 0 Å². The molecular weight excluding hydrogens is 454 g/mol. The summed E-state index contributed by atoms with van der Waals surface area (Å²) in [7, 11) is 0. The summed E-state index contributed by atoms with van der Waals surface area (Å²) >= 11 is 25.0. The fourth-order valence-electron chi connectivity index (χ4n) is 2.79. The van der Waals surface area contributed by atoms with E-state index in [1.165, 1.54) is 4.90 Å². The van der Waals surface area contributed by atoms with Crippen LogP contribution in [0.25, 0.3) is 0 Å². The van der Waals surface area contributed by atoms with Gasteiger partial charge in [-0.25, -0.2) is 0 Å². The van der Waals surface area contributed by atoms with Crippen molar-refractivity contribution < 1.29 is 9.59 Å². The molecule has 2 aromatic rings. The third-order valence-electron chi connectivity index (χ3n) is 4.50. The molecule has 1 atom stereocenters. The van der Waals surface area contributed by atoms with E-state index in [9.17, 15) is 9.59 Å². The zero-order chi connectivity index (χ0) is 21.6. The number of rotatable bonds is 8. The number of hydrogen-bond donors (Lipinski definition) is 1. The molecule has 0 aliphatic carbocycles. The molecule has 0 aliphatic heterocycles. The van der Waals surface area contributed by atoms with Crippen LogP contribution in [-0.4, -0.2) is 29.3 Å².